The Morgan fingerprint density at radius 3 is 2.90 bits per heavy atom. The van der Waals surface area contributed by atoms with Crippen molar-refractivity contribution in [1.82, 2.24) is 25.1 Å². The number of methoxy groups -OCH3 is 1. The van der Waals surface area contributed by atoms with E-state index in [1.807, 2.05) is 30.7 Å². The van der Waals surface area contributed by atoms with Gasteiger partial charge in [0.05, 0.1) is 12.3 Å². The molecule has 21 heavy (non-hydrogen) atoms. The van der Waals surface area contributed by atoms with Gasteiger partial charge in [0.1, 0.15) is 18.7 Å². The van der Waals surface area contributed by atoms with Gasteiger partial charge in [-0.05, 0) is 19.1 Å². The number of aryl methyl sites for hydroxylation is 2. The zero-order chi connectivity index (χ0) is 15.1. The molecule has 0 saturated heterocycles. The van der Waals surface area contributed by atoms with E-state index in [0.29, 0.717) is 19.8 Å². The van der Waals surface area contributed by atoms with E-state index in [2.05, 4.69) is 20.5 Å². The molecule has 0 bridgehead atoms. The van der Waals surface area contributed by atoms with Gasteiger partial charge < -0.3 is 19.4 Å². The highest BCUT2D eigenvalue weighted by Crippen LogP contribution is 2.18. The minimum Gasteiger partial charge on any atom is -0.484 e. The SMILES string of the molecule is COCCNCc1nc(C)ccc1OCc1nncn1C. The Hall–Kier alpha value is -1.99. The maximum absolute atomic E-state index is 5.82. The minimum atomic E-state index is 0.367. The zero-order valence-corrected chi connectivity index (χ0v) is 12.7. The summed E-state index contributed by atoms with van der Waals surface area (Å²) >= 11 is 0. The number of pyridine rings is 1. The van der Waals surface area contributed by atoms with Gasteiger partial charge in [0, 0.05) is 32.9 Å². The van der Waals surface area contributed by atoms with Crippen molar-refractivity contribution in [3.05, 3.63) is 35.7 Å². The number of ether oxygens (including phenoxy) is 2. The molecule has 0 unspecified atom stereocenters. The maximum atomic E-state index is 5.82. The Bertz CT molecular complexity index is 570. The first-order valence-electron chi connectivity index (χ1n) is 6.82. The van der Waals surface area contributed by atoms with Crippen LogP contribution in [0.25, 0.3) is 0 Å². The van der Waals surface area contributed by atoms with Crippen LogP contribution in [0, 0.1) is 6.92 Å². The molecule has 0 fully saturated rings. The molecule has 2 aromatic heterocycles. The van der Waals surface area contributed by atoms with Crippen molar-refractivity contribution in [3.63, 3.8) is 0 Å². The van der Waals surface area contributed by atoms with Crippen LogP contribution in [0.1, 0.15) is 17.2 Å². The van der Waals surface area contributed by atoms with E-state index in [9.17, 15) is 0 Å². The van der Waals surface area contributed by atoms with Gasteiger partial charge in [0.25, 0.3) is 0 Å². The summed E-state index contributed by atoms with van der Waals surface area (Å²) in [4.78, 5) is 4.52. The predicted octanol–water partition coefficient (Wildman–Crippen LogP) is 0.834. The van der Waals surface area contributed by atoms with Gasteiger partial charge in [-0.2, -0.15) is 0 Å². The molecule has 0 amide bonds. The predicted molar refractivity (Wildman–Crippen MR) is 77.9 cm³/mol. The van der Waals surface area contributed by atoms with E-state index < -0.39 is 0 Å². The molecule has 2 rings (SSSR count). The lowest BCUT2D eigenvalue weighted by Crippen LogP contribution is -2.20. The lowest BCUT2D eigenvalue weighted by Gasteiger charge is -2.12. The number of nitrogens with zero attached hydrogens (tertiary/aromatic N) is 4. The Morgan fingerprint density at radius 2 is 2.19 bits per heavy atom. The molecule has 0 aliphatic heterocycles. The summed E-state index contributed by atoms with van der Waals surface area (Å²) in [5.74, 6) is 1.53. The second kappa shape index (κ2) is 7.70. The van der Waals surface area contributed by atoms with E-state index in [0.717, 1.165) is 29.5 Å². The first-order valence-corrected chi connectivity index (χ1v) is 6.82. The van der Waals surface area contributed by atoms with Gasteiger partial charge in [-0.25, -0.2) is 0 Å². The lowest BCUT2D eigenvalue weighted by molar-refractivity contribution is 0.198. The summed E-state index contributed by atoms with van der Waals surface area (Å²) < 4.78 is 12.7. The van der Waals surface area contributed by atoms with Crippen molar-refractivity contribution in [2.45, 2.75) is 20.1 Å². The minimum absolute atomic E-state index is 0.367. The van der Waals surface area contributed by atoms with E-state index >= 15 is 0 Å². The standard InChI is InChI=1S/C14H21N5O2/c1-11-4-5-13(12(17-11)8-15-6-7-20-3)21-9-14-18-16-10-19(14)2/h4-5,10,15H,6-9H2,1-3H3. The third-order valence-electron chi connectivity index (χ3n) is 3.01. The van der Waals surface area contributed by atoms with Crippen LogP contribution >= 0.6 is 0 Å². The second-order valence-corrected chi connectivity index (χ2v) is 4.71. The molecule has 0 aromatic carbocycles. The number of rotatable bonds is 8. The maximum Gasteiger partial charge on any atom is 0.170 e. The zero-order valence-electron chi connectivity index (χ0n) is 12.7. The van der Waals surface area contributed by atoms with Crippen LogP contribution in [0.4, 0.5) is 0 Å². The molecule has 7 nitrogen and oxygen atoms in total. The van der Waals surface area contributed by atoms with Crippen molar-refractivity contribution in [3.8, 4) is 5.75 Å². The van der Waals surface area contributed by atoms with Crippen molar-refractivity contribution in [2.24, 2.45) is 7.05 Å². The molecule has 7 heteroatoms. The monoisotopic (exact) mass is 291 g/mol. The fraction of sp³-hybridized carbons (Fsp3) is 0.500. The summed E-state index contributed by atoms with van der Waals surface area (Å²) in [6.45, 7) is 4.41. The summed E-state index contributed by atoms with van der Waals surface area (Å²) in [6.07, 6.45) is 1.65. The van der Waals surface area contributed by atoms with Gasteiger partial charge in [0.2, 0.25) is 0 Å². The molecule has 0 radical (unpaired) electrons. The van der Waals surface area contributed by atoms with Gasteiger partial charge in [-0.1, -0.05) is 0 Å². The van der Waals surface area contributed by atoms with Crippen LogP contribution in [0.3, 0.4) is 0 Å². The highest BCUT2D eigenvalue weighted by molar-refractivity contribution is 5.29. The molecule has 1 N–H and O–H groups in total. The molecule has 0 spiro atoms. The second-order valence-electron chi connectivity index (χ2n) is 4.71. The number of aromatic nitrogens is 4. The number of nitrogens with one attached hydrogen (secondary N) is 1. The molecular formula is C14H21N5O2. The normalized spacial score (nSPS) is 10.8. The van der Waals surface area contributed by atoms with Crippen LogP contribution in [-0.4, -0.2) is 40.0 Å². The third kappa shape index (κ3) is 4.51. The van der Waals surface area contributed by atoms with Crippen molar-refractivity contribution >= 4 is 0 Å². The fourth-order valence-corrected chi connectivity index (χ4v) is 1.82. The van der Waals surface area contributed by atoms with Gasteiger partial charge in [0.15, 0.2) is 5.82 Å². The molecule has 0 atom stereocenters. The molecule has 0 aliphatic carbocycles. The molecule has 2 aromatic rings. The Kier molecular flexibility index (Phi) is 5.65. The average molecular weight is 291 g/mol. The molecule has 0 saturated carbocycles. The van der Waals surface area contributed by atoms with Gasteiger partial charge in [-0.3, -0.25) is 4.98 Å². The first-order chi connectivity index (χ1) is 10.2. The summed E-state index contributed by atoms with van der Waals surface area (Å²) in [6, 6.07) is 3.87. The Balaban J connectivity index is 1.99. The quantitative estimate of drug-likeness (QED) is 0.726. The largest absolute Gasteiger partial charge is 0.484 e. The fourth-order valence-electron chi connectivity index (χ4n) is 1.82. The molecule has 0 aliphatic rings. The first kappa shape index (κ1) is 15.4. The van der Waals surface area contributed by atoms with Crippen LogP contribution in [0.2, 0.25) is 0 Å². The topological polar surface area (TPSA) is 74.1 Å². The smallest absolute Gasteiger partial charge is 0.170 e. The van der Waals surface area contributed by atoms with Crippen molar-refractivity contribution < 1.29 is 9.47 Å². The summed E-state index contributed by atoms with van der Waals surface area (Å²) in [5.41, 5.74) is 1.85. The van der Waals surface area contributed by atoms with Gasteiger partial charge >= 0.3 is 0 Å². The molecule has 114 valence electrons. The lowest BCUT2D eigenvalue weighted by atomic mass is 10.3. The van der Waals surface area contributed by atoms with E-state index in [-0.39, 0.29) is 0 Å². The van der Waals surface area contributed by atoms with E-state index in [1.165, 1.54) is 0 Å². The van der Waals surface area contributed by atoms with Crippen LogP contribution in [-0.2, 0) is 24.9 Å². The summed E-state index contributed by atoms with van der Waals surface area (Å²) in [5, 5.41) is 11.1. The molecular weight excluding hydrogens is 270 g/mol. The van der Waals surface area contributed by atoms with Crippen molar-refractivity contribution in [2.75, 3.05) is 20.3 Å². The van der Waals surface area contributed by atoms with Gasteiger partial charge in [-0.15, -0.1) is 10.2 Å². The Labute approximate surface area is 124 Å². The highest BCUT2D eigenvalue weighted by Gasteiger charge is 2.08. The Morgan fingerprint density at radius 1 is 1.33 bits per heavy atom. The van der Waals surface area contributed by atoms with Crippen molar-refractivity contribution in [1.29, 1.82) is 0 Å². The van der Waals surface area contributed by atoms with Crippen LogP contribution in [0.15, 0.2) is 18.5 Å². The summed E-state index contributed by atoms with van der Waals surface area (Å²) in [7, 11) is 3.57. The van der Waals surface area contributed by atoms with Crippen LogP contribution in [0.5, 0.6) is 5.75 Å². The molecule has 2 heterocycles. The number of hydrogen-bond donors (Lipinski definition) is 1. The van der Waals surface area contributed by atoms with E-state index in [4.69, 9.17) is 9.47 Å². The van der Waals surface area contributed by atoms with Crippen LogP contribution < -0.4 is 10.1 Å². The third-order valence-corrected chi connectivity index (χ3v) is 3.01. The highest BCUT2D eigenvalue weighted by atomic mass is 16.5. The van der Waals surface area contributed by atoms with E-state index in [1.54, 1.807) is 13.4 Å². The average Bonchev–Trinajstić information content (AvgIpc) is 2.88. The number of hydrogen-bond acceptors (Lipinski definition) is 6.